The summed E-state index contributed by atoms with van der Waals surface area (Å²) in [5.74, 6) is 0.0393. The van der Waals surface area contributed by atoms with Gasteiger partial charge in [0, 0.05) is 51.5 Å². The highest BCUT2D eigenvalue weighted by Crippen LogP contribution is 2.15. The summed E-state index contributed by atoms with van der Waals surface area (Å²) in [5, 5.41) is 2.68. The number of nitrogens with zero attached hydrogens (tertiary/aromatic N) is 5. The predicted octanol–water partition coefficient (Wildman–Crippen LogP) is 0.569. The van der Waals surface area contributed by atoms with Crippen molar-refractivity contribution in [3.8, 4) is 5.69 Å². The van der Waals surface area contributed by atoms with Gasteiger partial charge in [0.2, 0.25) is 5.91 Å². The second-order valence-electron chi connectivity index (χ2n) is 10.2. The van der Waals surface area contributed by atoms with Gasteiger partial charge in [-0.2, -0.15) is 4.98 Å². The number of hydrogen-bond donors (Lipinski definition) is 3. The molecule has 11 nitrogen and oxygen atoms in total. The molecule has 0 aliphatic carbocycles. The van der Waals surface area contributed by atoms with Crippen LogP contribution in [0.3, 0.4) is 0 Å². The normalized spacial score (nSPS) is 19.3. The molecule has 3 heterocycles. The summed E-state index contributed by atoms with van der Waals surface area (Å²) < 4.78 is 1.44. The van der Waals surface area contributed by atoms with Crippen LogP contribution in [0.15, 0.2) is 41.3 Å². The molecule has 1 aromatic heterocycles. The van der Waals surface area contributed by atoms with Crippen LogP contribution >= 0.6 is 0 Å². The van der Waals surface area contributed by atoms with Crippen molar-refractivity contribution in [3.05, 3.63) is 52.6 Å². The topological polar surface area (TPSA) is 143 Å². The summed E-state index contributed by atoms with van der Waals surface area (Å²) in [6.45, 7) is 7.68. The van der Waals surface area contributed by atoms with Crippen molar-refractivity contribution in [3.63, 3.8) is 0 Å². The van der Waals surface area contributed by atoms with Gasteiger partial charge in [-0.15, -0.1) is 0 Å². The molecule has 2 fully saturated rings. The number of rotatable bonds is 5. The van der Waals surface area contributed by atoms with E-state index in [2.05, 4.69) is 15.2 Å². The van der Waals surface area contributed by atoms with Gasteiger partial charge in [0.25, 0.3) is 0 Å². The molecule has 0 spiro atoms. The predicted molar refractivity (Wildman–Crippen MR) is 138 cm³/mol. The highest BCUT2D eigenvalue weighted by molar-refractivity contribution is 5.89. The van der Waals surface area contributed by atoms with Gasteiger partial charge in [0.05, 0.1) is 11.2 Å². The highest BCUT2D eigenvalue weighted by Gasteiger charge is 2.31. The molecule has 194 valence electrons. The number of nitrogens with one attached hydrogen (secondary N) is 1. The standard InChI is InChI=1S/C25H36N8O3/c1-25(2,27)22(34)31-12-14-32(15-13-31)23(35)28-21-9-11-33(24(36)29-21)20-7-5-18(6-8-20)16-30-10-3-4-19(26)17-30/h5-9,11,19H,3-4,10,12-17,26-27H2,1-2H3,(H,28,29,35,36)/t19-/m1/s1. The lowest BCUT2D eigenvalue weighted by Crippen LogP contribution is -2.58. The molecule has 0 bridgehead atoms. The number of nitrogens with two attached hydrogens (primary N) is 2. The van der Waals surface area contributed by atoms with Crippen molar-refractivity contribution in [2.75, 3.05) is 44.6 Å². The lowest BCUT2D eigenvalue weighted by molar-refractivity contribution is -0.137. The van der Waals surface area contributed by atoms with Gasteiger partial charge in [0.15, 0.2) is 0 Å². The molecule has 36 heavy (non-hydrogen) atoms. The number of amides is 3. The van der Waals surface area contributed by atoms with Crippen LogP contribution in [0.1, 0.15) is 32.3 Å². The SMILES string of the molecule is CC(C)(N)C(=O)N1CCN(C(=O)Nc2ccn(-c3ccc(CN4CCC[C@@H](N)C4)cc3)c(=O)n2)CC1. The summed E-state index contributed by atoms with van der Waals surface area (Å²) >= 11 is 0. The molecule has 0 saturated carbocycles. The number of benzene rings is 1. The Hall–Kier alpha value is -3.28. The van der Waals surface area contributed by atoms with E-state index in [4.69, 9.17) is 11.5 Å². The Kier molecular flexibility index (Phi) is 7.72. The zero-order valence-corrected chi connectivity index (χ0v) is 21.0. The van der Waals surface area contributed by atoms with Crippen LogP contribution in [-0.4, -0.2) is 87.0 Å². The first-order valence-electron chi connectivity index (χ1n) is 12.4. The largest absolute Gasteiger partial charge is 0.354 e. The number of anilines is 1. The number of likely N-dealkylation sites (tertiary alicyclic amines) is 1. The fourth-order valence-corrected chi connectivity index (χ4v) is 4.63. The number of piperidine rings is 1. The van der Waals surface area contributed by atoms with E-state index in [1.807, 2.05) is 24.3 Å². The smallest absolute Gasteiger partial charge is 0.338 e. The third kappa shape index (κ3) is 6.28. The minimum Gasteiger partial charge on any atom is -0.338 e. The summed E-state index contributed by atoms with van der Waals surface area (Å²) in [7, 11) is 0. The Bertz CT molecular complexity index is 1130. The fraction of sp³-hybridized carbons (Fsp3) is 0.520. The molecular formula is C25H36N8O3. The van der Waals surface area contributed by atoms with Crippen molar-refractivity contribution in [2.45, 2.75) is 44.8 Å². The maximum atomic E-state index is 12.7. The van der Waals surface area contributed by atoms with Crippen LogP contribution < -0.4 is 22.5 Å². The lowest BCUT2D eigenvalue weighted by Gasteiger charge is -2.37. The Morgan fingerprint density at radius 3 is 2.33 bits per heavy atom. The van der Waals surface area contributed by atoms with E-state index in [0.717, 1.165) is 38.0 Å². The van der Waals surface area contributed by atoms with Crippen LogP contribution in [0.25, 0.3) is 5.69 Å². The van der Waals surface area contributed by atoms with Gasteiger partial charge >= 0.3 is 11.7 Å². The van der Waals surface area contributed by atoms with Crippen LogP contribution in [0.4, 0.5) is 10.6 Å². The zero-order chi connectivity index (χ0) is 25.9. The first-order chi connectivity index (χ1) is 17.1. The average molecular weight is 497 g/mol. The van der Waals surface area contributed by atoms with Crippen LogP contribution in [0.2, 0.25) is 0 Å². The van der Waals surface area contributed by atoms with Crippen molar-refractivity contribution in [1.29, 1.82) is 0 Å². The van der Waals surface area contributed by atoms with Gasteiger partial charge < -0.3 is 21.3 Å². The average Bonchev–Trinajstić information content (AvgIpc) is 2.84. The number of piperazine rings is 1. The molecule has 1 atom stereocenters. The number of hydrogen-bond acceptors (Lipinski definition) is 7. The number of carbonyl (C=O) groups is 2. The van der Waals surface area contributed by atoms with E-state index in [1.54, 1.807) is 35.9 Å². The number of urea groups is 1. The Morgan fingerprint density at radius 2 is 1.72 bits per heavy atom. The molecule has 2 saturated heterocycles. The summed E-state index contributed by atoms with van der Waals surface area (Å²) in [5.41, 5.74) is 12.4. The van der Waals surface area contributed by atoms with Gasteiger partial charge in [-0.3, -0.25) is 19.6 Å². The third-order valence-electron chi connectivity index (χ3n) is 6.61. The van der Waals surface area contributed by atoms with Crippen molar-refractivity contribution in [1.82, 2.24) is 24.3 Å². The minimum absolute atomic E-state index is 0.142. The summed E-state index contributed by atoms with van der Waals surface area (Å²) in [6.07, 6.45) is 3.79. The molecule has 0 unspecified atom stereocenters. The Morgan fingerprint density at radius 1 is 1.06 bits per heavy atom. The number of carbonyl (C=O) groups excluding carboxylic acids is 2. The van der Waals surface area contributed by atoms with E-state index in [1.165, 1.54) is 4.57 Å². The van der Waals surface area contributed by atoms with Crippen molar-refractivity contribution in [2.24, 2.45) is 11.5 Å². The minimum atomic E-state index is -0.944. The molecule has 1 aromatic carbocycles. The van der Waals surface area contributed by atoms with E-state index in [0.29, 0.717) is 31.9 Å². The summed E-state index contributed by atoms with van der Waals surface area (Å²) in [4.78, 5) is 47.3. The van der Waals surface area contributed by atoms with Crippen molar-refractivity contribution >= 4 is 17.8 Å². The van der Waals surface area contributed by atoms with Crippen molar-refractivity contribution < 1.29 is 9.59 Å². The molecule has 5 N–H and O–H groups in total. The number of aromatic nitrogens is 2. The Labute approximate surface area is 211 Å². The fourth-order valence-electron chi connectivity index (χ4n) is 4.63. The molecule has 2 aliphatic heterocycles. The second-order valence-corrected chi connectivity index (χ2v) is 10.2. The van der Waals surface area contributed by atoms with Gasteiger partial charge in [-0.05, 0) is 57.0 Å². The zero-order valence-electron chi connectivity index (χ0n) is 21.0. The van der Waals surface area contributed by atoms with Gasteiger partial charge in [-0.25, -0.2) is 9.59 Å². The molecule has 4 rings (SSSR count). The van der Waals surface area contributed by atoms with E-state index in [-0.39, 0.29) is 23.8 Å². The van der Waals surface area contributed by atoms with Crippen LogP contribution in [0, 0.1) is 0 Å². The molecule has 2 aliphatic rings. The third-order valence-corrected chi connectivity index (χ3v) is 6.61. The van der Waals surface area contributed by atoms with Gasteiger partial charge in [0.1, 0.15) is 5.82 Å². The van der Waals surface area contributed by atoms with Crippen LogP contribution in [0.5, 0.6) is 0 Å². The quantitative estimate of drug-likeness (QED) is 0.549. The second kappa shape index (κ2) is 10.8. The maximum Gasteiger partial charge on any atom is 0.354 e. The first kappa shape index (κ1) is 25.8. The molecule has 3 amide bonds. The van der Waals surface area contributed by atoms with E-state index in [9.17, 15) is 14.4 Å². The van der Waals surface area contributed by atoms with Gasteiger partial charge in [-0.1, -0.05) is 12.1 Å². The molecule has 11 heteroatoms. The molecule has 0 radical (unpaired) electrons. The summed E-state index contributed by atoms with van der Waals surface area (Å²) in [6, 6.07) is 9.27. The van der Waals surface area contributed by atoms with E-state index >= 15 is 0 Å². The Balaban J connectivity index is 1.33. The highest BCUT2D eigenvalue weighted by atomic mass is 16.2. The lowest BCUT2D eigenvalue weighted by atomic mass is 10.1. The first-order valence-corrected chi connectivity index (χ1v) is 12.4. The monoisotopic (exact) mass is 496 g/mol. The van der Waals surface area contributed by atoms with E-state index < -0.39 is 11.2 Å². The maximum absolute atomic E-state index is 12.7. The van der Waals surface area contributed by atoms with Crippen LogP contribution in [-0.2, 0) is 11.3 Å². The molecular weight excluding hydrogens is 460 g/mol. The molecule has 2 aromatic rings.